The Morgan fingerprint density at radius 2 is 1.97 bits per heavy atom. The van der Waals surface area contributed by atoms with Gasteiger partial charge < -0.3 is 14.5 Å². The molecule has 0 bridgehead atoms. The first kappa shape index (κ1) is 19.1. The van der Waals surface area contributed by atoms with Gasteiger partial charge in [-0.15, -0.1) is 0 Å². The van der Waals surface area contributed by atoms with Crippen molar-refractivity contribution in [1.29, 1.82) is 0 Å². The minimum atomic E-state index is -0.130. The minimum Gasteiger partial charge on any atom is -0.497 e. The van der Waals surface area contributed by atoms with Crippen LogP contribution in [0.15, 0.2) is 53.6 Å². The molecule has 0 radical (unpaired) electrons. The van der Waals surface area contributed by atoms with E-state index >= 15 is 0 Å². The second kappa shape index (κ2) is 8.45. The van der Waals surface area contributed by atoms with Crippen LogP contribution in [0.25, 0.3) is 11.3 Å². The average molecular weight is 392 g/mol. The summed E-state index contributed by atoms with van der Waals surface area (Å²) < 4.78 is 10.8. The molecule has 150 valence electrons. The fourth-order valence-corrected chi connectivity index (χ4v) is 3.79. The lowest BCUT2D eigenvalue weighted by Gasteiger charge is -2.18. The van der Waals surface area contributed by atoms with E-state index < -0.39 is 0 Å². The highest BCUT2D eigenvalue weighted by molar-refractivity contribution is 5.57. The molecule has 0 aliphatic carbocycles. The van der Waals surface area contributed by atoms with E-state index in [9.17, 15) is 4.79 Å². The average Bonchev–Trinajstić information content (AvgIpc) is 3.22. The zero-order valence-corrected chi connectivity index (χ0v) is 16.6. The number of aromatic amines is 1. The topological polar surface area (TPSA) is 80.3 Å². The van der Waals surface area contributed by atoms with Crippen LogP contribution in [0, 0.1) is 0 Å². The Kier molecular flexibility index (Phi) is 5.57. The molecule has 29 heavy (non-hydrogen) atoms. The molecule has 1 fully saturated rings. The number of hydrogen-bond acceptors (Lipinski definition) is 6. The van der Waals surface area contributed by atoms with Gasteiger partial charge in [-0.25, -0.2) is 4.98 Å². The summed E-state index contributed by atoms with van der Waals surface area (Å²) >= 11 is 0. The standard InChI is InChI=1S/C22H24N4O3/c1-28-18-3-4-20(29-2)17(11-18)14-26-10-7-16(13-26)22-24-19(12-21(27)25-22)15-5-8-23-9-6-15/h3-6,8-9,11-12,16H,7,10,13-14H2,1-2H3,(H,24,25,27). The molecule has 1 atom stereocenters. The fourth-order valence-electron chi connectivity index (χ4n) is 3.79. The number of nitrogens with zero attached hydrogens (tertiary/aromatic N) is 3. The molecule has 7 heteroatoms. The first-order valence-electron chi connectivity index (χ1n) is 9.61. The number of pyridine rings is 1. The lowest BCUT2D eigenvalue weighted by molar-refractivity contribution is 0.314. The van der Waals surface area contributed by atoms with Crippen LogP contribution < -0.4 is 15.0 Å². The van der Waals surface area contributed by atoms with Crippen LogP contribution in [-0.4, -0.2) is 47.2 Å². The summed E-state index contributed by atoms with van der Waals surface area (Å²) in [5.41, 5.74) is 2.52. The summed E-state index contributed by atoms with van der Waals surface area (Å²) in [6, 6.07) is 11.1. The van der Waals surface area contributed by atoms with Gasteiger partial charge in [0.2, 0.25) is 0 Å². The van der Waals surface area contributed by atoms with E-state index in [1.165, 1.54) is 6.07 Å². The molecule has 3 aromatic rings. The van der Waals surface area contributed by atoms with E-state index in [2.05, 4.69) is 14.9 Å². The Morgan fingerprint density at radius 1 is 1.14 bits per heavy atom. The molecule has 1 N–H and O–H groups in total. The first-order chi connectivity index (χ1) is 14.2. The molecule has 0 saturated carbocycles. The Morgan fingerprint density at radius 3 is 2.72 bits per heavy atom. The van der Waals surface area contributed by atoms with Crippen molar-refractivity contribution >= 4 is 0 Å². The highest BCUT2D eigenvalue weighted by Crippen LogP contribution is 2.30. The molecule has 3 heterocycles. The number of benzene rings is 1. The van der Waals surface area contributed by atoms with Crippen molar-refractivity contribution in [3.63, 3.8) is 0 Å². The van der Waals surface area contributed by atoms with Gasteiger partial charge in [0.1, 0.15) is 17.3 Å². The number of nitrogens with one attached hydrogen (secondary N) is 1. The lowest BCUT2D eigenvalue weighted by atomic mass is 10.1. The quantitative estimate of drug-likeness (QED) is 0.695. The lowest BCUT2D eigenvalue weighted by Crippen LogP contribution is -2.21. The Balaban J connectivity index is 1.52. The molecule has 4 rings (SSSR count). The normalized spacial score (nSPS) is 16.7. The summed E-state index contributed by atoms with van der Waals surface area (Å²) in [6.45, 7) is 2.50. The number of likely N-dealkylation sites (tertiary alicyclic amines) is 1. The van der Waals surface area contributed by atoms with E-state index in [1.54, 1.807) is 26.6 Å². The van der Waals surface area contributed by atoms with Crippen LogP contribution in [0.5, 0.6) is 11.5 Å². The zero-order valence-electron chi connectivity index (χ0n) is 16.6. The summed E-state index contributed by atoms with van der Waals surface area (Å²) in [5, 5.41) is 0. The van der Waals surface area contributed by atoms with E-state index in [1.807, 2.05) is 30.3 Å². The van der Waals surface area contributed by atoms with Gasteiger partial charge in [0.25, 0.3) is 5.56 Å². The predicted molar refractivity (Wildman–Crippen MR) is 110 cm³/mol. The van der Waals surface area contributed by atoms with Crippen molar-refractivity contribution in [2.45, 2.75) is 18.9 Å². The molecule has 0 amide bonds. The Hall–Kier alpha value is -3.19. The van der Waals surface area contributed by atoms with Crippen LogP contribution in [0.1, 0.15) is 23.7 Å². The second-order valence-electron chi connectivity index (χ2n) is 7.15. The van der Waals surface area contributed by atoms with Crippen molar-refractivity contribution < 1.29 is 9.47 Å². The molecule has 1 unspecified atom stereocenters. The maximum Gasteiger partial charge on any atom is 0.251 e. The van der Waals surface area contributed by atoms with Crippen LogP contribution in [0.2, 0.25) is 0 Å². The Labute approximate surface area is 169 Å². The van der Waals surface area contributed by atoms with Gasteiger partial charge in [0.15, 0.2) is 0 Å². The summed E-state index contributed by atoms with van der Waals surface area (Å²) in [5.74, 6) is 2.58. The monoisotopic (exact) mass is 392 g/mol. The summed E-state index contributed by atoms with van der Waals surface area (Å²) in [6.07, 6.45) is 4.35. The number of aromatic nitrogens is 3. The third-order valence-corrected chi connectivity index (χ3v) is 5.28. The van der Waals surface area contributed by atoms with Crippen molar-refractivity contribution in [2.24, 2.45) is 0 Å². The smallest absolute Gasteiger partial charge is 0.251 e. The van der Waals surface area contributed by atoms with E-state index in [0.717, 1.165) is 54.5 Å². The van der Waals surface area contributed by atoms with Crippen LogP contribution in [0.4, 0.5) is 0 Å². The molecule has 1 aliphatic rings. The largest absolute Gasteiger partial charge is 0.497 e. The van der Waals surface area contributed by atoms with Gasteiger partial charge >= 0.3 is 0 Å². The predicted octanol–water partition coefficient (Wildman–Crippen LogP) is 2.84. The Bertz CT molecular complexity index is 1040. The molecule has 2 aromatic heterocycles. The molecule has 1 aromatic carbocycles. The SMILES string of the molecule is COc1ccc(OC)c(CN2CCC(c3nc(-c4ccncc4)cc(=O)[nH]3)C2)c1. The maximum atomic E-state index is 12.2. The molecular weight excluding hydrogens is 368 g/mol. The third kappa shape index (κ3) is 4.30. The van der Waals surface area contributed by atoms with Gasteiger partial charge in [-0.1, -0.05) is 0 Å². The van der Waals surface area contributed by atoms with E-state index in [-0.39, 0.29) is 11.5 Å². The van der Waals surface area contributed by atoms with E-state index in [0.29, 0.717) is 5.69 Å². The number of H-pyrrole nitrogens is 1. The fraction of sp³-hybridized carbons (Fsp3) is 0.318. The summed E-state index contributed by atoms with van der Waals surface area (Å²) in [7, 11) is 3.34. The number of hydrogen-bond donors (Lipinski definition) is 1. The van der Waals surface area contributed by atoms with Gasteiger partial charge in [-0.3, -0.25) is 14.7 Å². The van der Waals surface area contributed by atoms with Crippen molar-refractivity contribution in [3.8, 4) is 22.8 Å². The van der Waals surface area contributed by atoms with Gasteiger partial charge in [0.05, 0.1) is 19.9 Å². The number of methoxy groups -OCH3 is 2. The number of rotatable bonds is 6. The molecule has 7 nitrogen and oxygen atoms in total. The van der Waals surface area contributed by atoms with Crippen molar-refractivity contribution in [3.05, 3.63) is 70.5 Å². The zero-order chi connectivity index (χ0) is 20.2. The highest BCUT2D eigenvalue weighted by atomic mass is 16.5. The van der Waals surface area contributed by atoms with Gasteiger partial charge in [0, 0.05) is 48.6 Å². The maximum absolute atomic E-state index is 12.2. The second-order valence-corrected chi connectivity index (χ2v) is 7.15. The molecular formula is C22H24N4O3. The summed E-state index contributed by atoms with van der Waals surface area (Å²) in [4.78, 5) is 26.3. The van der Waals surface area contributed by atoms with E-state index in [4.69, 9.17) is 14.5 Å². The van der Waals surface area contributed by atoms with Gasteiger partial charge in [-0.05, 0) is 43.3 Å². The molecule has 1 aliphatic heterocycles. The van der Waals surface area contributed by atoms with Crippen LogP contribution in [0.3, 0.4) is 0 Å². The third-order valence-electron chi connectivity index (χ3n) is 5.28. The number of ether oxygens (including phenoxy) is 2. The minimum absolute atomic E-state index is 0.130. The van der Waals surface area contributed by atoms with Crippen molar-refractivity contribution in [1.82, 2.24) is 19.9 Å². The molecule has 1 saturated heterocycles. The first-order valence-corrected chi connectivity index (χ1v) is 9.61. The van der Waals surface area contributed by atoms with Crippen molar-refractivity contribution in [2.75, 3.05) is 27.3 Å². The molecule has 0 spiro atoms. The van der Waals surface area contributed by atoms with Gasteiger partial charge in [-0.2, -0.15) is 0 Å². The van der Waals surface area contributed by atoms with Crippen LogP contribution >= 0.6 is 0 Å². The van der Waals surface area contributed by atoms with Crippen LogP contribution in [-0.2, 0) is 6.54 Å². The highest BCUT2D eigenvalue weighted by Gasteiger charge is 2.27.